The second kappa shape index (κ2) is 9.15. The van der Waals surface area contributed by atoms with E-state index in [2.05, 4.69) is 4.98 Å². The van der Waals surface area contributed by atoms with Crippen molar-refractivity contribution in [3.05, 3.63) is 128 Å². The monoisotopic (exact) mass is 470 g/mol. The predicted molar refractivity (Wildman–Crippen MR) is 135 cm³/mol. The summed E-state index contributed by atoms with van der Waals surface area (Å²) >= 11 is 6.08. The molecule has 0 saturated carbocycles. The molecule has 3 aromatic carbocycles. The summed E-state index contributed by atoms with van der Waals surface area (Å²) in [6.45, 7) is 2.78. The highest BCUT2D eigenvalue weighted by Gasteiger charge is 2.19. The van der Waals surface area contributed by atoms with E-state index in [1.807, 2.05) is 66.1 Å². The fraction of sp³-hybridized carbons (Fsp3) is 0.148. The summed E-state index contributed by atoms with van der Waals surface area (Å²) in [6.07, 6.45) is 2.19. The van der Waals surface area contributed by atoms with Gasteiger partial charge in [0, 0.05) is 18.1 Å². The molecule has 170 valence electrons. The fourth-order valence-electron chi connectivity index (χ4n) is 4.18. The first-order valence-electron chi connectivity index (χ1n) is 11.1. The van der Waals surface area contributed by atoms with Crippen LogP contribution >= 0.6 is 11.6 Å². The van der Waals surface area contributed by atoms with Crippen LogP contribution in [0.15, 0.2) is 94.8 Å². The Bertz CT molecular complexity index is 1580. The number of nitrogens with zero attached hydrogens (tertiary/aromatic N) is 4. The summed E-state index contributed by atoms with van der Waals surface area (Å²) in [5, 5.41) is 0.565. The van der Waals surface area contributed by atoms with Crippen molar-refractivity contribution in [2.45, 2.75) is 26.4 Å². The van der Waals surface area contributed by atoms with Crippen molar-refractivity contribution >= 4 is 22.8 Å². The maximum atomic E-state index is 13.6. The average Bonchev–Trinajstić information content (AvgIpc) is 3.26. The third-order valence-electron chi connectivity index (χ3n) is 6.05. The molecule has 0 saturated heterocycles. The van der Waals surface area contributed by atoms with Gasteiger partial charge in [0.1, 0.15) is 0 Å². The SMILES string of the molecule is Cc1ccccc1Cn1cnc2c1c(=O)n(CCc1ccccc1)c(=O)n2-c1ccc(Cl)cc1. The number of aryl methyl sites for hydroxylation is 2. The third kappa shape index (κ3) is 4.08. The Morgan fingerprint density at radius 1 is 0.882 bits per heavy atom. The Morgan fingerprint density at radius 2 is 1.59 bits per heavy atom. The molecule has 0 aliphatic carbocycles. The van der Waals surface area contributed by atoms with Crippen molar-refractivity contribution in [3.63, 3.8) is 0 Å². The molecule has 0 amide bonds. The zero-order valence-corrected chi connectivity index (χ0v) is 19.4. The minimum atomic E-state index is -0.420. The molecular formula is C27H23ClN4O2. The molecule has 34 heavy (non-hydrogen) atoms. The van der Waals surface area contributed by atoms with E-state index in [0.29, 0.717) is 34.8 Å². The van der Waals surface area contributed by atoms with Gasteiger partial charge in [-0.3, -0.25) is 9.36 Å². The fourth-order valence-corrected chi connectivity index (χ4v) is 4.30. The van der Waals surface area contributed by atoms with E-state index in [0.717, 1.165) is 16.7 Å². The number of hydrogen-bond acceptors (Lipinski definition) is 3. The standard InChI is InChI=1S/C27H23ClN4O2/c1-19-7-5-6-10-21(19)17-30-18-29-25-24(30)26(33)31(16-15-20-8-3-2-4-9-20)27(34)32(25)23-13-11-22(28)12-14-23/h2-14,18H,15-17H2,1H3. The summed E-state index contributed by atoms with van der Waals surface area (Å²) in [5.74, 6) is 0. The van der Waals surface area contributed by atoms with Gasteiger partial charge in [0.2, 0.25) is 0 Å². The molecule has 0 N–H and O–H groups in total. The molecule has 0 atom stereocenters. The number of hydrogen-bond donors (Lipinski definition) is 0. The van der Waals surface area contributed by atoms with Gasteiger partial charge in [0.25, 0.3) is 5.56 Å². The third-order valence-corrected chi connectivity index (χ3v) is 6.31. The largest absolute Gasteiger partial charge is 0.337 e. The highest BCUT2D eigenvalue weighted by molar-refractivity contribution is 6.30. The molecule has 7 heteroatoms. The number of imidazole rings is 1. The summed E-state index contributed by atoms with van der Waals surface area (Å²) in [7, 11) is 0. The van der Waals surface area contributed by atoms with Crippen molar-refractivity contribution < 1.29 is 0 Å². The van der Waals surface area contributed by atoms with Crippen molar-refractivity contribution in [1.82, 2.24) is 18.7 Å². The lowest BCUT2D eigenvalue weighted by Gasteiger charge is -2.13. The van der Waals surface area contributed by atoms with Crippen LogP contribution in [-0.2, 0) is 19.5 Å². The van der Waals surface area contributed by atoms with Gasteiger partial charge in [0.15, 0.2) is 11.2 Å². The number of benzene rings is 3. The number of halogens is 1. The van der Waals surface area contributed by atoms with Crippen LogP contribution in [0.5, 0.6) is 0 Å². The molecular weight excluding hydrogens is 448 g/mol. The Labute approximate surface area is 201 Å². The van der Waals surface area contributed by atoms with Crippen LogP contribution in [0, 0.1) is 6.92 Å². The van der Waals surface area contributed by atoms with E-state index in [4.69, 9.17) is 11.6 Å². The van der Waals surface area contributed by atoms with Crippen LogP contribution in [-0.4, -0.2) is 18.7 Å². The highest BCUT2D eigenvalue weighted by Crippen LogP contribution is 2.18. The molecule has 5 rings (SSSR count). The summed E-state index contributed by atoms with van der Waals surface area (Å²) in [5.41, 5.74) is 3.84. The van der Waals surface area contributed by atoms with Crippen LogP contribution < -0.4 is 11.2 Å². The normalized spacial score (nSPS) is 11.2. The minimum absolute atomic E-state index is 0.265. The maximum absolute atomic E-state index is 13.6. The van der Waals surface area contributed by atoms with E-state index in [-0.39, 0.29) is 12.1 Å². The molecule has 0 aliphatic rings. The molecule has 0 unspecified atom stereocenters. The van der Waals surface area contributed by atoms with Crippen LogP contribution in [0.25, 0.3) is 16.9 Å². The number of rotatable bonds is 6. The van der Waals surface area contributed by atoms with Gasteiger partial charge in [-0.25, -0.2) is 14.3 Å². The molecule has 2 aromatic heterocycles. The van der Waals surface area contributed by atoms with Crippen LogP contribution in [0.1, 0.15) is 16.7 Å². The lowest BCUT2D eigenvalue weighted by atomic mass is 10.1. The number of aromatic nitrogens is 4. The van der Waals surface area contributed by atoms with Gasteiger partial charge in [-0.2, -0.15) is 0 Å². The van der Waals surface area contributed by atoms with E-state index in [1.54, 1.807) is 30.6 Å². The van der Waals surface area contributed by atoms with Gasteiger partial charge < -0.3 is 4.57 Å². The second-order valence-electron chi connectivity index (χ2n) is 8.26. The predicted octanol–water partition coefficient (Wildman–Crippen LogP) is 4.60. The van der Waals surface area contributed by atoms with Crippen LogP contribution in [0.2, 0.25) is 5.02 Å². The van der Waals surface area contributed by atoms with Crippen LogP contribution in [0.4, 0.5) is 0 Å². The lowest BCUT2D eigenvalue weighted by Crippen LogP contribution is -2.40. The zero-order valence-electron chi connectivity index (χ0n) is 18.7. The quantitative estimate of drug-likeness (QED) is 0.364. The first kappa shape index (κ1) is 21.9. The topological polar surface area (TPSA) is 61.8 Å². The van der Waals surface area contributed by atoms with E-state index in [1.165, 1.54) is 9.13 Å². The minimum Gasteiger partial charge on any atom is -0.320 e. The zero-order chi connectivity index (χ0) is 23.7. The number of fused-ring (bicyclic) bond motifs is 1. The smallest absolute Gasteiger partial charge is 0.320 e. The molecule has 5 aromatic rings. The van der Waals surface area contributed by atoms with Crippen molar-refractivity contribution in [2.24, 2.45) is 0 Å². The van der Waals surface area contributed by atoms with Gasteiger partial charge in [0.05, 0.1) is 12.0 Å². The van der Waals surface area contributed by atoms with Gasteiger partial charge >= 0.3 is 5.69 Å². The molecule has 0 aliphatic heterocycles. The Hall–Kier alpha value is -3.90. The Kier molecular flexibility index (Phi) is 5.90. The molecule has 0 bridgehead atoms. The summed E-state index contributed by atoms with van der Waals surface area (Å²) < 4.78 is 4.62. The van der Waals surface area contributed by atoms with E-state index < -0.39 is 5.69 Å². The summed E-state index contributed by atoms with van der Waals surface area (Å²) in [6, 6.07) is 24.8. The molecule has 0 spiro atoms. The van der Waals surface area contributed by atoms with Crippen LogP contribution in [0.3, 0.4) is 0 Å². The Morgan fingerprint density at radius 3 is 2.32 bits per heavy atom. The van der Waals surface area contributed by atoms with Gasteiger partial charge in [-0.1, -0.05) is 66.2 Å². The first-order chi connectivity index (χ1) is 16.5. The molecule has 2 heterocycles. The van der Waals surface area contributed by atoms with Gasteiger partial charge in [-0.05, 0) is 54.3 Å². The maximum Gasteiger partial charge on any atom is 0.337 e. The molecule has 6 nitrogen and oxygen atoms in total. The van der Waals surface area contributed by atoms with Gasteiger partial charge in [-0.15, -0.1) is 0 Å². The lowest BCUT2D eigenvalue weighted by molar-refractivity contribution is 0.615. The van der Waals surface area contributed by atoms with Crippen molar-refractivity contribution in [3.8, 4) is 5.69 Å². The Balaban J connectivity index is 1.70. The molecule has 0 fully saturated rings. The van der Waals surface area contributed by atoms with Crippen molar-refractivity contribution in [1.29, 1.82) is 0 Å². The summed E-state index contributed by atoms with van der Waals surface area (Å²) in [4.78, 5) is 31.7. The second-order valence-corrected chi connectivity index (χ2v) is 8.69. The van der Waals surface area contributed by atoms with E-state index in [9.17, 15) is 9.59 Å². The van der Waals surface area contributed by atoms with Crippen molar-refractivity contribution in [2.75, 3.05) is 0 Å². The highest BCUT2D eigenvalue weighted by atomic mass is 35.5. The first-order valence-corrected chi connectivity index (χ1v) is 11.5. The van der Waals surface area contributed by atoms with E-state index >= 15 is 0 Å². The average molecular weight is 471 g/mol. The molecule has 0 radical (unpaired) electrons.